The lowest BCUT2D eigenvalue weighted by Gasteiger charge is -2.19. The largest absolute Gasteiger partial charge is 0.271 e. The lowest BCUT2D eigenvalue weighted by atomic mass is 9.97. The summed E-state index contributed by atoms with van der Waals surface area (Å²) in [4.78, 5) is 3.77. The zero-order valence-corrected chi connectivity index (χ0v) is 10.8. The van der Waals surface area contributed by atoms with Crippen molar-refractivity contribution in [2.75, 3.05) is 0 Å². The van der Waals surface area contributed by atoms with Gasteiger partial charge in [0.2, 0.25) is 0 Å². The van der Waals surface area contributed by atoms with E-state index in [4.69, 9.17) is 5.84 Å². The van der Waals surface area contributed by atoms with Gasteiger partial charge in [0.25, 0.3) is 0 Å². The van der Waals surface area contributed by atoms with Gasteiger partial charge in [-0.15, -0.1) is 0 Å². The first-order chi connectivity index (χ1) is 7.84. The molecule has 2 rings (SSSR count). The van der Waals surface area contributed by atoms with Gasteiger partial charge in [-0.2, -0.15) is 0 Å². The normalized spacial score (nSPS) is 23.4. The summed E-state index contributed by atoms with van der Waals surface area (Å²) in [5.41, 5.74) is 3.67. The summed E-state index contributed by atoms with van der Waals surface area (Å²) in [5.74, 6) is 5.64. The fourth-order valence-corrected chi connectivity index (χ4v) is 3.08. The van der Waals surface area contributed by atoms with Crippen LogP contribution in [0, 0.1) is 22.6 Å². The number of nitrogens with one attached hydrogen (secondary N) is 1. The molecule has 0 radical (unpaired) electrons. The molecule has 3 N–H and O–H groups in total. The Morgan fingerprint density at radius 3 is 2.35 bits per heavy atom. The average Bonchev–Trinajstić information content (AvgIpc) is 2.64. The van der Waals surface area contributed by atoms with Crippen LogP contribution in [0.3, 0.4) is 0 Å². The number of hydrogen-bond donors (Lipinski definition) is 2. The summed E-state index contributed by atoms with van der Waals surface area (Å²) in [7, 11) is 0. The fourth-order valence-electron chi connectivity index (χ4n) is 3.08. The number of nitrogens with zero attached hydrogens (tertiary/aromatic N) is 1. The molecule has 0 saturated heterocycles. The summed E-state index contributed by atoms with van der Waals surface area (Å²) in [6.45, 7) is 8.78. The van der Waals surface area contributed by atoms with Gasteiger partial charge in [0, 0.05) is 11.8 Å². The van der Waals surface area contributed by atoms with Gasteiger partial charge in [-0.1, -0.05) is 27.7 Å². The van der Waals surface area contributed by atoms with Gasteiger partial charge in [-0.3, -0.25) is 16.3 Å². The van der Waals surface area contributed by atoms with Gasteiger partial charge in [0.05, 0.1) is 12.2 Å². The van der Waals surface area contributed by atoms with Crippen LogP contribution in [-0.2, 0) is 0 Å². The summed E-state index contributed by atoms with van der Waals surface area (Å²) < 4.78 is 13.8. The highest BCUT2D eigenvalue weighted by Crippen LogP contribution is 2.72. The molecule has 94 valence electrons. The lowest BCUT2D eigenvalue weighted by molar-refractivity contribution is 0.402. The Hall–Kier alpha value is -1.00. The molecule has 0 bridgehead atoms. The number of pyridine rings is 1. The quantitative estimate of drug-likeness (QED) is 0.627. The number of aromatic nitrogens is 1. The van der Waals surface area contributed by atoms with E-state index in [1.165, 1.54) is 6.20 Å². The van der Waals surface area contributed by atoms with Crippen LogP contribution in [0.25, 0.3) is 0 Å². The Morgan fingerprint density at radius 1 is 1.35 bits per heavy atom. The molecule has 4 heteroatoms. The molecule has 0 amide bonds. The van der Waals surface area contributed by atoms with E-state index < -0.39 is 0 Å². The summed E-state index contributed by atoms with van der Waals surface area (Å²) >= 11 is 0. The van der Waals surface area contributed by atoms with Crippen molar-refractivity contribution in [2.45, 2.75) is 33.7 Å². The molecule has 3 nitrogen and oxygen atoms in total. The number of halogens is 1. The first kappa shape index (κ1) is 12.5. The SMILES string of the molecule is CC1(C)C(C(NN)c2ccncc2F)C1(C)C. The molecule has 1 aromatic rings. The molecule has 1 unspecified atom stereocenters. The molecule has 1 heterocycles. The maximum Gasteiger partial charge on any atom is 0.146 e. The minimum absolute atomic E-state index is 0.153. The molecule has 1 saturated carbocycles. The van der Waals surface area contributed by atoms with Crippen LogP contribution in [0.1, 0.15) is 39.3 Å². The second-order valence-corrected chi connectivity index (χ2v) is 5.96. The Bertz CT molecular complexity index is 414. The smallest absolute Gasteiger partial charge is 0.146 e. The van der Waals surface area contributed by atoms with E-state index in [-0.39, 0.29) is 22.7 Å². The van der Waals surface area contributed by atoms with Crippen molar-refractivity contribution in [3.8, 4) is 0 Å². The van der Waals surface area contributed by atoms with Gasteiger partial charge in [-0.25, -0.2) is 4.39 Å². The number of hydrogen-bond acceptors (Lipinski definition) is 3. The first-order valence-corrected chi connectivity index (χ1v) is 5.89. The molecule has 17 heavy (non-hydrogen) atoms. The van der Waals surface area contributed by atoms with Crippen LogP contribution in [0.5, 0.6) is 0 Å². The Kier molecular flexibility index (Phi) is 2.75. The Labute approximate surface area is 102 Å². The topological polar surface area (TPSA) is 50.9 Å². The van der Waals surface area contributed by atoms with E-state index >= 15 is 0 Å². The van der Waals surface area contributed by atoms with Crippen molar-refractivity contribution in [3.63, 3.8) is 0 Å². The summed E-state index contributed by atoms with van der Waals surface area (Å²) in [6.07, 6.45) is 2.84. The van der Waals surface area contributed by atoms with Crippen LogP contribution >= 0.6 is 0 Å². The minimum Gasteiger partial charge on any atom is -0.271 e. The third-order valence-electron chi connectivity index (χ3n) is 4.78. The Balaban J connectivity index is 2.35. The van der Waals surface area contributed by atoms with Crippen LogP contribution in [0.15, 0.2) is 18.5 Å². The molecule has 1 aromatic heterocycles. The van der Waals surface area contributed by atoms with Crippen molar-refractivity contribution in [3.05, 3.63) is 29.8 Å². The van der Waals surface area contributed by atoms with Crippen molar-refractivity contribution in [2.24, 2.45) is 22.6 Å². The lowest BCUT2D eigenvalue weighted by Crippen LogP contribution is -2.32. The van der Waals surface area contributed by atoms with E-state index in [0.717, 1.165) is 0 Å². The van der Waals surface area contributed by atoms with Crippen LogP contribution in [-0.4, -0.2) is 4.98 Å². The standard InChI is InChI=1S/C13H20FN3/c1-12(2)11(13(12,3)4)10(17-15)8-5-6-16-7-9(8)14/h5-7,10-11,17H,15H2,1-4H3. The number of nitrogens with two attached hydrogens (primary N) is 1. The van der Waals surface area contributed by atoms with E-state index in [2.05, 4.69) is 38.1 Å². The van der Waals surface area contributed by atoms with Crippen LogP contribution < -0.4 is 11.3 Å². The summed E-state index contributed by atoms with van der Waals surface area (Å²) in [5, 5.41) is 0. The monoisotopic (exact) mass is 237 g/mol. The molecule has 0 aliphatic heterocycles. The van der Waals surface area contributed by atoms with Gasteiger partial charge < -0.3 is 0 Å². The maximum absolute atomic E-state index is 13.8. The highest BCUT2D eigenvalue weighted by atomic mass is 19.1. The van der Waals surface area contributed by atoms with Crippen LogP contribution in [0.4, 0.5) is 4.39 Å². The van der Waals surface area contributed by atoms with E-state index in [0.29, 0.717) is 11.5 Å². The predicted octanol–water partition coefficient (Wildman–Crippen LogP) is 2.41. The van der Waals surface area contributed by atoms with Crippen molar-refractivity contribution in [1.29, 1.82) is 0 Å². The number of hydrazine groups is 1. The maximum atomic E-state index is 13.8. The highest BCUT2D eigenvalue weighted by Gasteiger charge is 2.67. The molecule has 0 aromatic carbocycles. The third-order valence-corrected chi connectivity index (χ3v) is 4.78. The van der Waals surface area contributed by atoms with Crippen molar-refractivity contribution >= 4 is 0 Å². The molecular formula is C13H20FN3. The van der Waals surface area contributed by atoms with E-state index in [1.807, 2.05) is 0 Å². The third kappa shape index (κ3) is 1.67. The molecular weight excluding hydrogens is 217 g/mol. The van der Waals surface area contributed by atoms with E-state index in [1.54, 1.807) is 12.3 Å². The zero-order valence-electron chi connectivity index (χ0n) is 10.8. The first-order valence-electron chi connectivity index (χ1n) is 5.89. The molecule has 1 aliphatic rings. The molecule has 1 atom stereocenters. The molecule has 1 fully saturated rings. The van der Waals surface area contributed by atoms with Gasteiger partial charge in [0.15, 0.2) is 0 Å². The van der Waals surface area contributed by atoms with E-state index in [9.17, 15) is 4.39 Å². The highest BCUT2D eigenvalue weighted by molar-refractivity contribution is 5.26. The van der Waals surface area contributed by atoms with Crippen molar-refractivity contribution < 1.29 is 4.39 Å². The second kappa shape index (κ2) is 3.75. The second-order valence-electron chi connectivity index (χ2n) is 5.96. The Morgan fingerprint density at radius 2 is 1.94 bits per heavy atom. The fraction of sp³-hybridized carbons (Fsp3) is 0.615. The van der Waals surface area contributed by atoms with Crippen molar-refractivity contribution in [1.82, 2.24) is 10.4 Å². The molecule has 1 aliphatic carbocycles. The van der Waals surface area contributed by atoms with Gasteiger partial charge >= 0.3 is 0 Å². The summed E-state index contributed by atoms with van der Waals surface area (Å²) in [6, 6.07) is 1.53. The average molecular weight is 237 g/mol. The van der Waals surface area contributed by atoms with Crippen LogP contribution in [0.2, 0.25) is 0 Å². The number of rotatable bonds is 3. The zero-order chi connectivity index (χ0) is 12.8. The molecule has 0 spiro atoms. The van der Waals surface area contributed by atoms with Gasteiger partial charge in [-0.05, 0) is 22.8 Å². The predicted molar refractivity (Wildman–Crippen MR) is 65.3 cm³/mol. The van der Waals surface area contributed by atoms with Gasteiger partial charge in [0.1, 0.15) is 5.82 Å². The minimum atomic E-state index is -0.297.